The highest BCUT2D eigenvalue weighted by Gasteiger charge is 2.07. The van der Waals surface area contributed by atoms with Gasteiger partial charge in [0, 0.05) is 10.7 Å². The molecule has 0 aliphatic rings. The molecule has 0 fully saturated rings. The second kappa shape index (κ2) is 4.23. The Morgan fingerprint density at radius 2 is 2.38 bits per heavy atom. The number of anilines is 1. The molecule has 4 nitrogen and oxygen atoms in total. The van der Waals surface area contributed by atoms with Crippen molar-refractivity contribution in [2.75, 3.05) is 5.32 Å². The molecule has 1 aromatic heterocycles. The molecule has 0 radical (unpaired) electrons. The lowest BCUT2D eigenvalue weighted by atomic mass is 10.3. The number of hydrogen-bond donors (Lipinski definition) is 2. The Kier molecular flexibility index (Phi) is 3.25. The number of hydrogen-bond acceptors (Lipinski definition) is 3. The van der Waals surface area contributed by atoms with Crippen LogP contribution < -0.4 is 11.1 Å². The van der Waals surface area contributed by atoms with Gasteiger partial charge in [0.25, 0.3) is 0 Å². The third-order valence-electron chi connectivity index (χ3n) is 1.51. The predicted octanol–water partition coefficient (Wildman–Crippen LogP) is 1.13. The molecule has 1 amide bonds. The van der Waals surface area contributed by atoms with Crippen LogP contribution in [0, 0.1) is 0 Å². The molecule has 1 rings (SSSR count). The molecule has 0 saturated heterocycles. The number of carbonyl (C=O) groups excluding carboxylic acids is 1. The van der Waals surface area contributed by atoms with E-state index in [0.717, 1.165) is 10.2 Å². The number of halogens is 1. The van der Waals surface area contributed by atoms with Crippen LogP contribution in [-0.4, -0.2) is 16.9 Å². The third-order valence-corrected chi connectivity index (χ3v) is 1.95. The fourth-order valence-electron chi connectivity index (χ4n) is 0.812. The number of rotatable bonds is 3. The van der Waals surface area contributed by atoms with E-state index in [9.17, 15) is 4.79 Å². The van der Waals surface area contributed by atoms with Gasteiger partial charge in [-0.15, -0.1) is 0 Å². The Balaban J connectivity index is 2.69. The van der Waals surface area contributed by atoms with Gasteiger partial charge in [0.1, 0.15) is 6.04 Å². The van der Waals surface area contributed by atoms with Crippen LogP contribution in [-0.2, 0) is 4.79 Å². The van der Waals surface area contributed by atoms with E-state index in [1.807, 2.05) is 6.07 Å². The van der Waals surface area contributed by atoms with E-state index in [1.165, 1.54) is 0 Å². The molecule has 1 atom stereocenters. The fourth-order valence-corrected chi connectivity index (χ4v) is 1.18. The summed E-state index contributed by atoms with van der Waals surface area (Å²) in [5.41, 5.74) is 5.85. The van der Waals surface area contributed by atoms with Gasteiger partial charge in [-0.25, -0.2) is 0 Å². The largest absolute Gasteiger partial charge is 0.373 e. The molecule has 0 saturated carbocycles. The molecule has 0 aliphatic carbocycles. The molecule has 1 aromatic rings. The molecule has 0 aliphatic heterocycles. The van der Waals surface area contributed by atoms with Gasteiger partial charge in [-0.1, -0.05) is 0 Å². The Hall–Kier alpha value is -1.10. The average Bonchev–Trinajstić information content (AvgIpc) is 2.04. The van der Waals surface area contributed by atoms with E-state index < -0.39 is 6.04 Å². The number of primary amides is 1. The van der Waals surface area contributed by atoms with Crippen molar-refractivity contribution >= 4 is 27.5 Å². The minimum atomic E-state index is -0.393. The Bertz CT molecular complexity index is 316. The molecule has 3 N–H and O–H groups in total. The standard InChI is InChI=1S/C8H10BrN3O/c1-5(8(10)13)12-7-2-6(9)3-11-4-7/h2-5,12H,1H3,(H2,10,13). The van der Waals surface area contributed by atoms with Crippen LogP contribution in [0.3, 0.4) is 0 Å². The zero-order chi connectivity index (χ0) is 9.84. The van der Waals surface area contributed by atoms with Crippen molar-refractivity contribution in [3.05, 3.63) is 22.9 Å². The van der Waals surface area contributed by atoms with Gasteiger partial charge >= 0.3 is 0 Å². The topological polar surface area (TPSA) is 68.0 Å². The Morgan fingerprint density at radius 1 is 1.69 bits per heavy atom. The first-order chi connectivity index (χ1) is 6.09. The minimum absolute atomic E-state index is 0.389. The number of nitrogens with two attached hydrogens (primary N) is 1. The average molecular weight is 244 g/mol. The fraction of sp³-hybridized carbons (Fsp3) is 0.250. The summed E-state index contributed by atoms with van der Waals surface area (Å²) < 4.78 is 0.856. The lowest BCUT2D eigenvalue weighted by Crippen LogP contribution is -2.32. The van der Waals surface area contributed by atoms with Gasteiger partial charge in [0.2, 0.25) is 5.91 Å². The minimum Gasteiger partial charge on any atom is -0.373 e. The van der Waals surface area contributed by atoms with Crippen molar-refractivity contribution in [2.45, 2.75) is 13.0 Å². The van der Waals surface area contributed by atoms with Crippen LogP contribution in [0.5, 0.6) is 0 Å². The summed E-state index contributed by atoms with van der Waals surface area (Å²) in [6.45, 7) is 1.70. The second-order valence-electron chi connectivity index (χ2n) is 2.66. The lowest BCUT2D eigenvalue weighted by Gasteiger charge is -2.10. The maximum Gasteiger partial charge on any atom is 0.239 e. The summed E-state index contributed by atoms with van der Waals surface area (Å²) in [6.07, 6.45) is 3.30. The SMILES string of the molecule is CC(Nc1cncc(Br)c1)C(N)=O. The number of nitrogens with one attached hydrogen (secondary N) is 1. The molecule has 1 unspecified atom stereocenters. The van der Waals surface area contributed by atoms with Crippen molar-refractivity contribution in [3.8, 4) is 0 Å². The van der Waals surface area contributed by atoms with Crippen molar-refractivity contribution < 1.29 is 4.79 Å². The van der Waals surface area contributed by atoms with Crippen LogP contribution in [0.15, 0.2) is 22.9 Å². The smallest absolute Gasteiger partial charge is 0.239 e. The van der Waals surface area contributed by atoms with Crippen LogP contribution >= 0.6 is 15.9 Å². The van der Waals surface area contributed by atoms with E-state index in [-0.39, 0.29) is 5.91 Å². The first-order valence-electron chi connectivity index (χ1n) is 3.76. The lowest BCUT2D eigenvalue weighted by molar-refractivity contribution is -0.118. The zero-order valence-corrected chi connectivity index (χ0v) is 8.71. The molecule has 0 aromatic carbocycles. The molecule has 5 heteroatoms. The van der Waals surface area contributed by atoms with Crippen LogP contribution in [0.25, 0.3) is 0 Å². The highest BCUT2D eigenvalue weighted by molar-refractivity contribution is 9.10. The van der Waals surface area contributed by atoms with E-state index in [0.29, 0.717) is 0 Å². The van der Waals surface area contributed by atoms with Gasteiger partial charge < -0.3 is 11.1 Å². The highest BCUT2D eigenvalue weighted by atomic mass is 79.9. The van der Waals surface area contributed by atoms with E-state index in [4.69, 9.17) is 5.73 Å². The molecule has 0 spiro atoms. The monoisotopic (exact) mass is 243 g/mol. The first kappa shape index (κ1) is 9.98. The molecular formula is C8H10BrN3O. The zero-order valence-electron chi connectivity index (χ0n) is 7.12. The van der Waals surface area contributed by atoms with Gasteiger partial charge in [-0.05, 0) is 28.9 Å². The first-order valence-corrected chi connectivity index (χ1v) is 4.55. The normalized spacial score (nSPS) is 12.2. The van der Waals surface area contributed by atoms with Crippen LogP contribution in [0.2, 0.25) is 0 Å². The maximum absolute atomic E-state index is 10.7. The predicted molar refractivity (Wildman–Crippen MR) is 54.2 cm³/mol. The van der Waals surface area contributed by atoms with Crippen molar-refractivity contribution in [3.63, 3.8) is 0 Å². The summed E-state index contributed by atoms with van der Waals surface area (Å²) in [7, 11) is 0. The maximum atomic E-state index is 10.7. The number of carbonyl (C=O) groups is 1. The number of pyridine rings is 1. The Morgan fingerprint density at radius 3 is 2.92 bits per heavy atom. The van der Waals surface area contributed by atoms with Crippen molar-refractivity contribution in [1.82, 2.24) is 4.98 Å². The van der Waals surface area contributed by atoms with Crippen molar-refractivity contribution in [1.29, 1.82) is 0 Å². The molecule has 13 heavy (non-hydrogen) atoms. The van der Waals surface area contributed by atoms with Gasteiger partial charge in [0.15, 0.2) is 0 Å². The number of amides is 1. The summed E-state index contributed by atoms with van der Waals surface area (Å²) in [5, 5.41) is 2.92. The summed E-state index contributed by atoms with van der Waals surface area (Å²) in [5.74, 6) is -0.389. The Labute approximate surface area is 84.7 Å². The molecular weight excluding hydrogens is 234 g/mol. The third kappa shape index (κ3) is 3.02. The van der Waals surface area contributed by atoms with E-state index in [1.54, 1.807) is 19.3 Å². The van der Waals surface area contributed by atoms with Gasteiger partial charge in [0.05, 0.1) is 11.9 Å². The second-order valence-corrected chi connectivity index (χ2v) is 3.58. The summed E-state index contributed by atoms with van der Waals surface area (Å²) in [4.78, 5) is 14.7. The number of aromatic nitrogens is 1. The van der Waals surface area contributed by atoms with E-state index >= 15 is 0 Å². The van der Waals surface area contributed by atoms with Crippen LogP contribution in [0.4, 0.5) is 5.69 Å². The van der Waals surface area contributed by atoms with Crippen molar-refractivity contribution in [2.24, 2.45) is 5.73 Å². The number of nitrogens with zero attached hydrogens (tertiary/aromatic N) is 1. The summed E-state index contributed by atoms with van der Waals surface area (Å²) >= 11 is 3.27. The highest BCUT2D eigenvalue weighted by Crippen LogP contribution is 2.14. The quantitative estimate of drug-likeness (QED) is 0.837. The molecule has 70 valence electrons. The summed E-state index contributed by atoms with van der Waals surface area (Å²) in [6, 6.07) is 1.43. The van der Waals surface area contributed by atoms with Crippen LogP contribution in [0.1, 0.15) is 6.92 Å². The van der Waals surface area contributed by atoms with E-state index in [2.05, 4.69) is 26.2 Å². The molecule has 1 heterocycles. The van der Waals surface area contributed by atoms with Gasteiger partial charge in [-0.3, -0.25) is 9.78 Å². The molecule has 0 bridgehead atoms. The van der Waals surface area contributed by atoms with Gasteiger partial charge in [-0.2, -0.15) is 0 Å².